The Balaban J connectivity index is 0.000000265. The third-order valence-electron chi connectivity index (χ3n) is 8.81. The number of nitrogens with zero attached hydrogens (tertiary/aromatic N) is 4. The van der Waals surface area contributed by atoms with Crippen LogP contribution in [0.15, 0.2) is 156 Å². The van der Waals surface area contributed by atoms with Gasteiger partial charge in [0.1, 0.15) is 5.58 Å². The van der Waals surface area contributed by atoms with Gasteiger partial charge in [0, 0.05) is 43.6 Å². The Labute approximate surface area is 311 Å². The van der Waals surface area contributed by atoms with Crippen LogP contribution in [-0.4, -0.2) is 19.5 Å². The molecule has 9 aromatic rings. The molecule has 0 bridgehead atoms. The summed E-state index contributed by atoms with van der Waals surface area (Å²) in [5.41, 5.74) is 10.5. The largest absolute Gasteiger partial charge is 0.501 e. The molecule has 5 aromatic carbocycles. The molecule has 0 aliphatic heterocycles. The predicted octanol–water partition coefficient (Wildman–Crippen LogP) is 11.3. The van der Waals surface area contributed by atoms with Crippen molar-refractivity contribution < 1.29 is 24.5 Å². The molecule has 0 atom stereocenters. The minimum absolute atomic E-state index is 0. The van der Waals surface area contributed by atoms with E-state index in [0.29, 0.717) is 5.65 Å². The van der Waals surface area contributed by atoms with E-state index in [1.807, 2.05) is 79.0 Å². The average Bonchev–Trinajstić information content (AvgIpc) is 3.74. The van der Waals surface area contributed by atoms with Gasteiger partial charge in [-0.05, 0) is 58.1 Å². The van der Waals surface area contributed by atoms with Gasteiger partial charge in [-0.25, -0.2) is 4.98 Å². The zero-order valence-corrected chi connectivity index (χ0v) is 30.9. The molecule has 0 saturated heterocycles. The Kier molecular flexibility index (Phi) is 9.46. The SMILES string of the molecule is CC(C)(C)c1cnc2nc(-c3[c-]ccc4c3oc3cc(-c5ccccc5)ccc34)n(-c3ccccc3)c2c1.[Ir].[c-]1ccccc1-c1ccccn1. The molecule has 0 aliphatic rings. The fourth-order valence-corrected chi connectivity index (χ4v) is 6.17. The molecule has 5 nitrogen and oxygen atoms in total. The molecule has 251 valence electrons. The van der Waals surface area contributed by atoms with Crippen LogP contribution in [0.4, 0.5) is 0 Å². The van der Waals surface area contributed by atoms with Crippen LogP contribution in [0, 0.1) is 12.1 Å². The van der Waals surface area contributed by atoms with E-state index in [-0.39, 0.29) is 25.5 Å². The Morgan fingerprint density at radius 3 is 2.16 bits per heavy atom. The molecule has 4 heterocycles. The van der Waals surface area contributed by atoms with E-state index < -0.39 is 0 Å². The van der Waals surface area contributed by atoms with E-state index in [2.05, 4.69) is 109 Å². The topological polar surface area (TPSA) is 56.7 Å². The maximum Gasteiger partial charge on any atom is 0.168 e. The first-order chi connectivity index (χ1) is 24.4. The van der Waals surface area contributed by atoms with Crippen LogP contribution in [0.1, 0.15) is 26.3 Å². The second kappa shape index (κ2) is 14.3. The minimum Gasteiger partial charge on any atom is -0.501 e. The number of fused-ring (bicyclic) bond motifs is 4. The quantitative estimate of drug-likeness (QED) is 0.166. The first-order valence-electron chi connectivity index (χ1n) is 16.7. The summed E-state index contributed by atoms with van der Waals surface area (Å²) in [6.07, 6.45) is 3.72. The number of rotatable bonds is 4. The fourth-order valence-electron chi connectivity index (χ4n) is 6.17. The third kappa shape index (κ3) is 6.76. The van der Waals surface area contributed by atoms with Crippen LogP contribution in [-0.2, 0) is 25.5 Å². The summed E-state index contributed by atoms with van der Waals surface area (Å²) < 4.78 is 8.73. The molecule has 0 saturated carbocycles. The van der Waals surface area contributed by atoms with Crippen molar-refractivity contribution in [1.82, 2.24) is 19.5 Å². The molecule has 9 rings (SSSR count). The molecule has 1 radical (unpaired) electrons. The predicted molar refractivity (Wildman–Crippen MR) is 203 cm³/mol. The van der Waals surface area contributed by atoms with Crippen molar-refractivity contribution in [2.24, 2.45) is 0 Å². The second-order valence-corrected chi connectivity index (χ2v) is 13.2. The molecular formula is C45H34IrN4O-2. The van der Waals surface area contributed by atoms with E-state index in [9.17, 15) is 0 Å². The molecule has 51 heavy (non-hydrogen) atoms. The molecule has 0 aliphatic carbocycles. The Morgan fingerprint density at radius 1 is 0.667 bits per heavy atom. The molecular weight excluding hydrogens is 805 g/mol. The molecule has 0 unspecified atom stereocenters. The van der Waals surface area contributed by atoms with E-state index in [4.69, 9.17) is 14.4 Å². The maximum absolute atomic E-state index is 6.56. The number of pyridine rings is 2. The normalized spacial score (nSPS) is 11.3. The van der Waals surface area contributed by atoms with Gasteiger partial charge in [-0.1, -0.05) is 105 Å². The maximum atomic E-state index is 6.56. The summed E-state index contributed by atoms with van der Waals surface area (Å²) in [6, 6.07) is 53.6. The van der Waals surface area contributed by atoms with Gasteiger partial charge >= 0.3 is 0 Å². The Morgan fingerprint density at radius 2 is 1.43 bits per heavy atom. The first-order valence-corrected chi connectivity index (χ1v) is 16.7. The number of hydrogen-bond acceptors (Lipinski definition) is 4. The van der Waals surface area contributed by atoms with Gasteiger partial charge in [-0.3, -0.25) is 4.98 Å². The van der Waals surface area contributed by atoms with Crippen LogP contribution in [0.2, 0.25) is 0 Å². The minimum atomic E-state index is -0.0333. The monoisotopic (exact) mass is 839 g/mol. The van der Waals surface area contributed by atoms with E-state index in [1.165, 1.54) is 0 Å². The van der Waals surface area contributed by atoms with Crippen molar-refractivity contribution in [3.8, 4) is 39.5 Å². The van der Waals surface area contributed by atoms with Gasteiger partial charge in [-0.15, -0.1) is 54.1 Å². The average molecular weight is 839 g/mol. The van der Waals surface area contributed by atoms with Gasteiger partial charge in [0.05, 0.1) is 16.9 Å². The van der Waals surface area contributed by atoms with E-state index in [1.54, 1.807) is 6.20 Å². The van der Waals surface area contributed by atoms with Crippen molar-refractivity contribution in [3.63, 3.8) is 0 Å². The molecule has 4 aromatic heterocycles. The fraction of sp³-hybridized carbons (Fsp3) is 0.0889. The first kappa shape index (κ1) is 33.8. The zero-order valence-electron chi connectivity index (χ0n) is 28.5. The van der Waals surface area contributed by atoms with Gasteiger partial charge < -0.3 is 14.0 Å². The van der Waals surface area contributed by atoms with Crippen LogP contribution in [0.25, 0.3) is 72.6 Å². The van der Waals surface area contributed by atoms with Crippen LogP contribution in [0.3, 0.4) is 0 Å². The zero-order chi connectivity index (χ0) is 34.1. The number of para-hydroxylation sites is 1. The van der Waals surface area contributed by atoms with E-state index >= 15 is 0 Å². The molecule has 0 N–H and O–H groups in total. The number of aromatic nitrogens is 4. The number of furan rings is 1. The second-order valence-electron chi connectivity index (χ2n) is 13.2. The Hall–Kier alpha value is -5.68. The van der Waals surface area contributed by atoms with Gasteiger partial charge in [0.2, 0.25) is 0 Å². The number of imidazole rings is 1. The Bertz CT molecular complexity index is 2520. The van der Waals surface area contributed by atoms with Crippen molar-refractivity contribution in [2.75, 3.05) is 0 Å². The summed E-state index contributed by atoms with van der Waals surface area (Å²) in [4.78, 5) is 14.0. The number of hydrogen-bond donors (Lipinski definition) is 0. The molecule has 0 spiro atoms. The van der Waals surface area contributed by atoms with Crippen LogP contribution < -0.4 is 0 Å². The van der Waals surface area contributed by atoms with Crippen molar-refractivity contribution in [2.45, 2.75) is 26.2 Å². The van der Waals surface area contributed by atoms with Crippen LogP contribution in [0.5, 0.6) is 0 Å². The summed E-state index contributed by atoms with van der Waals surface area (Å²) in [5.74, 6) is 0.762. The standard InChI is InChI=1S/C34H26N3O.C11H8N.Ir/c1-34(2,3)24-20-29-32(35-21-24)36-33(37(29)25-13-8-5-9-14-25)28-16-10-15-27-26-18-17-23(19-30(26)38-31(27)28)22-11-6-4-7-12-22;1-2-6-10(7-3-1)11-8-4-5-9-12-11;/h4-15,17-21H,1-3H3;1-6,8-9H;/q2*-1;. The summed E-state index contributed by atoms with van der Waals surface area (Å²) in [5, 5.41) is 2.12. The van der Waals surface area contributed by atoms with Crippen molar-refractivity contribution in [3.05, 3.63) is 170 Å². The van der Waals surface area contributed by atoms with Gasteiger partial charge in [0.15, 0.2) is 5.65 Å². The third-order valence-corrected chi connectivity index (χ3v) is 8.81. The summed E-state index contributed by atoms with van der Waals surface area (Å²) in [6.45, 7) is 6.60. The van der Waals surface area contributed by atoms with Crippen LogP contribution >= 0.6 is 0 Å². The molecule has 6 heteroatoms. The summed E-state index contributed by atoms with van der Waals surface area (Å²) in [7, 11) is 0. The summed E-state index contributed by atoms with van der Waals surface area (Å²) >= 11 is 0. The molecule has 0 amide bonds. The molecule has 0 fully saturated rings. The van der Waals surface area contributed by atoms with Crippen molar-refractivity contribution in [1.29, 1.82) is 0 Å². The van der Waals surface area contributed by atoms with Gasteiger partial charge in [0.25, 0.3) is 0 Å². The smallest absolute Gasteiger partial charge is 0.168 e. The van der Waals surface area contributed by atoms with E-state index in [0.717, 1.165) is 72.5 Å². The van der Waals surface area contributed by atoms with Crippen molar-refractivity contribution >= 4 is 33.1 Å². The number of benzene rings is 5. The van der Waals surface area contributed by atoms with Gasteiger partial charge in [-0.2, -0.15) is 0 Å².